The highest BCUT2D eigenvalue weighted by Crippen LogP contribution is 2.37. The molecule has 2 aromatic carbocycles. The number of nitrogen functional groups attached to an aromatic ring is 2. The second-order valence-corrected chi connectivity index (χ2v) is 16.2. The average molecular weight is 885 g/mol. The van der Waals surface area contributed by atoms with E-state index in [0.717, 1.165) is 58.4 Å². The van der Waals surface area contributed by atoms with Gasteiger partial charge in [-0.15, -0.1) is 0 Å². The molecule has 16 nitrogen and oxygen atoms in total. The molecule has 20 heteroatoms. The van der Waals surface area contributed by atoms with Gasteiger partial charge in [-0.2, -0.15) is 10.2 Å². The van der Waals surface area contributed by atoms with Crippen molar-refractivity contribution >= 4 is 34.8 Å². The van der Waals surface area contributed by atoms with E-state index in [1.807, 2.05) is 52.0 Å². The molecule has 0 aliphatic carbocycles. The van der Waals surface area contributed by atoms with Gasteiger partial charge >= 0.3 is 0 Å². The fourth-order valence-electron chi connectivity index (χ4n) is 8.10. The third-order valence-electron chi connectivity index (χ3n) is 10.8. The van der Waals surface area contributed by atoms with Gasteiger partial charge in [0.15, 0.2) is 0 Å². The van der Waals surface area contributed by atoms with Gasteiger partial charge in [0.2, 0.25) is 11.8 Å². The zero-order valence-corrected chi connectivity index (χ0v) is 36.6. The van der Waals surface area contributed by atoms with Gasteiger partial charge in [0.25, 0.3) is 23.7 Å². The summed E-state index contributed by atoms with van der Waals surface area (Å²) in [5.74, 6) is -5.93. The van der Waals surface area contributed by atoms with Crippen LogP contribution < -0.4 is 30.7 Å². The number of rotatable bonds is 8. The molecule has 336 valence electrons. The van der Waals surface area contributed by atoms with Crippen LogP contribution in [0, 0.1) is 41.5 Å². The van der Waals surface area contributed by atoms with E-state index in [0.29, 0.717) is 35.9 Å². The third-order valence-corrected chi connectivity index (χ3v) is 10.8. The maximum atomic E-state index is 13.5. The number of aryl methyl sites for hydroxylation is 5. The lowest BCUT2D eigenvalue weighted by Gasteiger charge is -2.23. The molecule has 0 bridgehead atoms. The van der Waals surface area contributed by atoms with Crippen LogP contribution in [-0.2, 0) is 13.1 Å². The Morgan fingerprint density at radius 2 is 1.08 bits per heavy atom. The molecule has 6 heterocycles. The van der Waals surface area contributed by atoms with Gasteiger partial charge in [-0.25, -0.2) is 37.5 Å². The van der Waals surface area contributed by atoms with E-state index in [9.17, 15) is 27.2 Å². The summed E-state index contributed by atoms with van der Waals surface area (Å²) in [6.45, 7) is 13.1. The monoisotopic (exact) mass is 884 g/mol. The van der Waals surface area contributed by atoms with E-state index in [2.05, 4.69) is 30.1 Å². The molecular formula is C44H48F4N12O4. The van der Waals surface area contributed by atoms with Crippen LogP contribution in [0.1, 0.15) is 68.2 Å². The summed E-state index contributed by atoms with van der Waals surface area (Å²) in [6, 6.07) is 7.54. The normalized spacial score (nSPS) is 14.2. The van der Waals surface area contributed by atoms with Crippen molar-refractivity contribution in [2.45, 2.75) is 80.3 Å². The maximum absolute atomic E-state index is 13.5. The molecule has 4 N–H and O–H groups in total. The molecule has 8 rings (SSSR count). The molecule has 0 saturated carbocycles. The fourth-order valence-corrected chi connectivity index (χ4v) is 8.10. The first-order valence-corrected chi connectivity index (χ1v) is 20.3. The van der Waals surface area contributed by atoms with Crippen LogP contribution >= 0.6 is 0 Å². The van der Waals surface area contributed by atoms with E-state index in [1.54, 1.807) is 36.0 Å². The second kappa shape index (κ2) is 17.2. The number of anilines is 4. The van der Waals surface area contributed by atoms with Crippen molar-refractivity contribution in [3.8, 4) is 34.0 Å². The second-order valence-electron chi connectivity index (χ2n) is 16.2. The Bertz CT molecular complexity index is 2600. The summed E-state index contributed by atoms with van der Waals surface area (Å²) in [5.41, 5.74) is 21.7. The summed E-state index contributed by atoms with van der Waals surface area (Å²) >= 11 is 0. The molecule has 64 heavy (non-hydrogen) atoms. The van der Waals surface area contributed by atoms with Gasteiger partial charge in [0.05, 0.1) is 25.0 Å². The SMILES string of the molecule is Cc1cc(N2CCOc3ncnc(N)c3C2=O)cc(C)c1-c1cn(CC(C)(F)F)nc1C.Cc1cc(N2CCOc3ncnc(N)c3C2=O)cc(C)c1-c1cnn(CC(C)(F)F)c1C. The molecule has 2 aliphatic rings. The van der Waals surface area contributed by atoms with E-state index < -0.39 is 24.9 Å². The minimum absolute atomic E-state index is 0.0627. The van der Waals surface area contributed by atoms with Gasteiger partial charge in [-0.05, 0) is 99.2 Å². The van der Waals surface area contributed by atoms with Crippen molar-refractivity contribution in [1.29, 1.82) is 0 Å². The number of fused-ring (bicyclic) bond motifs is 2. The minimum atomic E-state index is -2.86. The summed E-state index contributed by atoms with van der Waals surface area (Å²) < 4.78 is 67.7. The molecule has 0 spiro atoms. The Morgan fingerprint density at radius 3 is 1.52 bits per heavy atom. The lowest BCUT2D eigenvalue weighted by molar-refractivity contribution is -0.000527. The van der Waals surface area contributed by atoms with Gasteiger partial charge < -0.3 is 30.7 Å². The quantitative estimate of drug-likeness (QED) is 0.148. The topological polar surface area (TPSA) is 198 Å². The lowest BCUT2D eigenvalue weighted by Crippen LogP contribution is -2.33. The van der Waals surface area contributed by atoms with Crippen molar-refractivity contribution in [3.63, 3.8) is 0 Å². The highest BCUT2D eigenvalue weighted by Gasteiger charge is 2.32. The number of hydrogen-bond donors (Lipinski definition) is 2. The van der Waals surface area contributed by atoms with Crippen molar-refractivity contribution in [2.75, 3.05) is 47.6 Å². The number of alkyl halides is 4. The Hall–Kier alpha value is -7.12. The number of hydrogen-bond acceptors (Lipinski definition) is 12. The van der Waals surface area contributed by atoms with Crippen LogP contribution in [-0.4, -0.2) is 89.5 Å². The number of nitrogens with zero attached hydrogens (tertiary/aromatic N) is 10. The van der Waals surface area contributed by atoms with Crippen LogP contribution in [0.15, 0.2) is 49.3 Å². The van der Waals surface area contributed by atoms with Gasteiger partial charge in [-0.3, -0.25) is 19.0 Å². The Labute approximate surface area is 366 Å². The highest BCUT2D eigenvalue weighted by atomic mass is 19.3. The first kappa shape index (κ1) is 44.9. The zero-order valence-electron chi connectivity index (χ0n) is 36.6. The number of aromatic nitrogens is 8. The summed E-state index contributed by atoms with van der Waals surface area (Å²) in [5, 5.41) is 8.41. The van der Waals surface area contributed by atoms with Gasteiger partial charge in [0.1, 0.15) is 61.7 Å². The average Bonchev–Trinajstić information content (AvgIpc) is 3.57. The molecular weight excluding hydrogens is 837 g/mol. The number of benzene rings is 2. The number of ether oxygens (including phenoxy) is 2. The first-order valence-electron chi connectivity index (χ1n) is 20.3. The fraction of sp³-hybridized carbons (Fsp3) is 0.364. The Kier molecular flexibility index (Phi) is 12.1. The number of nitrogens with two attached hydrogens (primary N) is 2. The molecule has 0 atom stereocenters. The predicted molar refractivity (Wildman–Crippen MR) is 232 cm³/mol. The van der Waals surface area contributed by atoms with Crippen molar-refractivity contribution in [2.24, 2.45) is 0 Å². The smallest absolute Gasteiger partial charge is 0.267 e. The number of amides is 2. The van der Waals surface area contributed by atoms with Gasteiger partial charge in [-0.1, -0.05) is 0 Å². The molecule has 6 aromatic rings. The molecule has 0 fully saturated rings. The molecule has 0 radical (unpaired) electrons. The summed E-state index contributed by atoms with van der Waals surface area (Å²) in [7, 11) is 0. The van der Waals surface area contributed by atoms with E-state index in [4.69, 9.17) is 20.9 Å². The summed E-state index contributed by atoms with van der Waals surface area (Å²) in [4.78, 5) is 45.5. The van der Waals surface area contributed by atoms with Crippen molar-refractivity contribution in [1.82, 2.24) is 39.5 Å². The molecule has 2 aliphatic heterocycles. The van der Waals surface area contributed by atoms with Crippen molar-refractivity contribution in [3.05, 3.63) is 94.1 Å². The van der Waals surface area contributed by atoms with Crippen LogP contribution in [0.4, 0.5) is 40.6 Å². The largest absolute Gasteiger partial charge is 0.475 e. The minimum Gasteiger partial charge on any atom is -0.475 e. The van der Waals surface area contributed by atoms with Crippen LogP contribution in [0.5, 0.6) is 11.8 Å². The molecule has 2 amide bonds. The Morgan fingerprint density at radius 1 is 0.641 bits per heavy atom. The zero-order chi connectivity index (χ0) is 46.4. The Balaban J connectivity index is 0.000000191. The van der Waals surface area contributed by atoms with Gasteiger partial charge in [0, 0.05) is 48.2 Å². The number of carbonyl (C=O) groups excluding carboxylic acids is 2. The molecule has 0 unspecified atom stereocenters. The third kappa shape index (κ3) is 9.16. The van der Waals surface area contributed by atoms with E-state index in [-0.39, 0.29) is 59.6 Å². The maximum Gasteiger partial charge on any atom is 0.267 e. The lowest BCUT2D eigenvalue weighted by atomic mass is 9.95. The summed E-state index contributed by atoms with van der Waals surface area (Å²) in [6.07, 6.45) is 5.77. The number of halogens is 4. The molecule has 0 saturated heterocycles. The van der Waals surface area contributed by atoms with E-state index in [1.165, 1.54) is 22.0 Å². The van der Waals surface area contributed by atoms with E-state index >= 15 is 0 Å². The predicted octanol–water partition coefficient (Wildman–Crippen LogP) is 7.08. The number of carbonyl (C=O) groups is 2. The first-order chi connectivity index (χ1) is 30.1. The van der Waals surface area contributed by atoms with Crippen LogP contribution in [0.25, 0.3) is 22.3 Å². The van der Waals surface area contributed by atoms with Crippen molar-refractivity contribution < 1.29 is 36.6 Å². The van der Waals surface area contributed by atoms with Crippen LogP contribution in [0.3, 0.4) is 0 Å². The highest BCUT2D eigenvalue weighted by molar-refractivity contribution is 6.11. The van der Waals surface area contributed by atoms with Crippen LogP contribution in [0.2, 0.25) is 0 Å². The standard InChI is InChI=1S/2C22H24F2N6O2/c1-12-7-15(30-5-6-32-20-18(21(30)31)19(25)26-11-27-20)8-13(2)17(12)16-9-29(28-14(16)3)10-22(4,23)24;1-12-7-15(29-5-6-32-20-18(21(29)31)19(25)26-11-27-20)8-13(2)17(12)16-9-28-30(14(16)3)10-22(4,23)24/h2*7-9,11H,5-6,10H2,1-4H3,(H2,25,26,27). The molecule has 4 aromatic heterocycles.